The molecule has 0 radical (unpaired) electrons. The van der Waals surface area contributed by atoms with Gasteiger partial charge in [-0.2, -0.15) is 0 Å². The molecule has 0 amide bonds. The molecule has 2 aliphatic heterocycles. The maximum absolute atomic E-state index is 12.9. The summed E-state index contributed by atoms with van der Waals surface area (Å²) in [5.41, 5.74) is -0.215. The average molecular weight is 423 g/mol. The van der Waals surface area contributed by atoms with E-state index in [1.165, 1.54) is 0 Å². The van der Waals surface area contributed by atoms with Crippen molar-refractivity contribution in [2.75, 3.05) is 44.4 Å². The normalized spacial score (nSPS) is 27.6. The van der Waals surface area contributed by atoms with Gasteiger partial charge in [0, 0.05) is 31.2 Å². The van der Waals surface area contributed by atoms with Crippen LogP contribution in [0.1, 0.15) is 13.8 Å². The van der Waals surface area contributed by atoms with Crippen molar-refractivity contribution in [3.63, 3.8) is 0 Å². The van der Waals surface area contributed by atoms with E-state index in [9.17, 15) is 16.8 Å². The minimum Gasteiger partial charge on any atom is -0.379 e. The van der Waals surface area contributed by atoms with Crippen LogP contribution in [0.15, 0.2) is 21.7 Å². The van der Waals surface area contributed by atoms with E-state index in [4.69, 9.17) is 4.74 Å². The zero-order chi connectivity index (χ0) is 19.0. The third-order valence-electron chi connectivity index (χ3n) is 5.14. The molecule has 0 aromatic carbocycles. The maximum atomic E-state index is 12.9. The lowest BCUT2D eigenvalue weighted by Crippen LogP contribution is -2.57. The molecule has 2 saturated heterocycles. The highest BCUT2D eigenvalue weighted by molar-refractivity contribution is 7.97. The minimum atomic E-state index is -3.66. The molecule has 3 heterocycles. The number of rotatable bonds is 6. The van der Waals surface area contributed by atoms with E-state index in [1.54, 1.807) is 17.5 Å². The SMILES string of the molecule is CC(C)(CN[C@H]1CS(=O)(=O)C[C@@H]1S(=O)(=O)c1cccs1)N1CCOCC1. The first-order chi connectivity index (χ1) is 12.1. The standard InChI is InChI=1S/C16H26N2O5S3/c1-16(2,18-5-7-23-8-6-18)12-17-13-10-25(19,20)11-14(13)26(21,22)15-4-3-9-24-15/h3-4,9,13-14,17H,5-8,10-12H2,1-2H3/t13-,14-/m0/s1. The summed E-state index contributed by atoms with van der Waals surface area (Å²) in [5, 5.41) is 4.01. The minimum absolute atomic E-state index is 0.137. The third kappa shape index (κ3) is 4.31. The summed E-state index contributed by atoms with van der Waals surface area (Å²) in [6.07, 6.45) is 0. The highest BCUT2D eigenvalue weighted by Crippen LogP contribution is 2.29. The smallest absolute Gasteiger partial charge is 0.193 e. The largest absolute Gasteiger partial charge is 0.379 e. The van der Waals surface area contributed by atoms with Crippen LogP contribution in [0.5, 0.6) is 0 Å². The molecule has 3 rings (SSSR count). The van der Waals surface area contributed by atoms with Gasteiger partial charge in [0.05, 0.1) is 30.0 Å². The fraction of sp³-hybridized carbons (Fsp3) is 0.750. The molecule has 0 spiro atoms. The van der Waals surface area contributed by atoms with Crippen LogP contribution in [0.4, 0.5) is 0 Å². The van der Waals surface area contributed by atoms with Gasteiger partial charge in [-0.1, -0.05) is 6.07 Å². The van der Waals surface area contributed by atoms with Crippen molar-refractivity contribution < 1.29 is 21.6 Å². The molecule has 0 bridgehead atoms. The Hall–Kier alpha value is -0.520. The summed E-state index contributed by atoms with van der Waals surface area (Å²) in [7, 11) is -7.05. The number of nitrogens with zero attached hydrogens (tertiary/aromatic N) is 1. The van der Waals surface area contributed by atoms with Crippen LogP contribution in [0.3, 0.4) is 0 Å². The van der Waals surface area contributed by atoms with Crippen LogP contribution in [0.25, 0.3) is 0 Å². The van der Waals surface area contributed by atoms with Crippen LogP contribution >= 0.6 is 11.3 Å². The topological polar surface area (TPSA) is 92.8 Å². The van der Waals surface area contributed by atoms with Crippen molar-refractivity contribution in [1.29, 1.82) is 0 Å². The first kappa shape index (κ1) is 20.2. The number of nitrogens with one attached hydrogen (secondary N) is 1. The first-order valence-electron chi connectivity index (χ1n) is 8.66. The summed E-state index contributed by atoms with van der Waals surface area (Å²) < 4.78 is 55.7. The lowest BCUT2D eigenvalue weighted by Gasteiger charge is -2.41. The van der Waals surface area contributed by atoms with Gasteiger partial charge in [-0.3, -0.25) is 4.90 Å². The van der Waals surface area contributed by atoms with E-state index in [-0.39, 0.29) is 21.3 Å². The second kappa shape index (κ2) is 7.48. The molecule has 10 heteroatoms. The molecule has 148 valence electrons. The zero-order valence-electron chi connectivity index (χ0n) is 15.0. The molecular formula is C16H26N2O5S3. The predicted octanol–water partition coefficient (Wildman–Crippen LogP) is 0.388. The fourth-order valence-corrected chi connectivity index (χ4v) is 9.49. The Morgan fingerprint density at radius 1 is 1.31 bits per heavy atom. The van der Waals surface area contributed by atoms with E-state index in [0.717, 1.165) is 24.4 Å². The van der Waals surface area contributed by atoms with Gasteiger partial charge in [0.25, 0.3) is 0 Å². The van der Waals surface area contributed by atoms with Gasteiger partial charge in [-0.25, -0.2) is 16.8 Å². The molecule has 2 atom stereocenters. The number of hydrogen-bond donors (Lipinski definition) is 1. The van der Waals surface area contributed by atoms with Crippen LogP contribution in [-0.2, 0) is 24.4 Å². The summed E-state index contributed by atoms with van der Waals surface area (Å²) in [6, 6.07) is 2.62. The van der Waals surface area contributed by atoms with Gasteiger partial charge in [0.1, 0.15) is 4.21 Å². The number of ether oxygens (including phenoxy) is 1. The van der Waals surface area contributed by atoms with E-state index in [2.05, 4.69) is 24.1 Å². The molecule has 2 fully saturated rings. The Labute approximate surface area is 159 Å². The highest BCUT2D eigenvalue weighted by Gasteiger charge is 2.46. The average Bonchev–Trinajstić information content (AvgIpc) is 3.22. The molecule has 1 aromatic heterocycles. The molecular weight excluding hydrogens is 396 g/mol. The number of hydrogen-bond acceptors (Lipinski definition) is 8. The lowest BCUT2D eigenvalue weighted by atomic mass is 10.0. The van der Waals surface area contributed by atoms with Gasteiger partial charge in [-0.05, 0) is 25.3 Å². The second-order valence-corrected chi connectivity index (χ2v) is 13.0. The fourth-order valence-electron chi connectivity index (χ4n) is 3.55. The molecule has 0 saturated carbocycles. The summed E-state index contributed by atoms with van der Waals surface area (Å²) in [6.45, 7) is 7.66. The first-order valence-corrected chi connectivity index (χ1v) is 12.9. The molecule has 0 unspecified atom stereocenters. The van der Waals surface area contributed by atoms with Crippen molar-refractivity contribution in [1.82, 2.24) is 10.2 Å². The summed E-state index contributed by atoms with van der Waals surface area (Å²) in [4.78, 5) is 2.29. The van der Waals surface area contributed by atoms with Gasteiger partial charge in [-0.15, -0.1) is 11.3 Å². The van der Waals surface area contributed by atoms with Gasteiger partial charge in [0.2, 0.25) is 0 Å². The van der Waals surface area contributed by atoms with Gasteiger partial charge in [0.15, 0.2) is 19.7 Å². The van der Waals surface area contributed by atoms with Gasteiger partial charge < -0.3 is 10.1 Å². The van der Waals surface area contributed by atoms with Crippen molar-refractivity contribution >= 4 is 31.0 Å². The van der Waals surface area contributed by atoms with Crippen molar-refractivity contribution in [3.8, 4) is 0 Å². The molecule has 1 aromatic rings. The number of morpholine rings is 1. The van der Waals surface area contributed by atoms with Crippen LogP contribution in [-0.4, -0.2) is 82.9 Å². The Balaban J connectivity index is 1.74. The third-order valence-corrected chi connectivity index (χ3v) is 10.7. The van der Waals surface area contributed by atoms with E-state index in [0.29, 0.717) is 19.8 Å². The zero-order valence-corrected chi connectivity index (χ0v) is 17.5. The molecule has 2 aliphatic rings. The molecule has 26 heavy (non-hydrogen) atoms. The Kier molecular flexibility index (Phi) is 5.82. The molecule has 7 nitrogen and oxygen atoms in total. The second-order valence-electron chi connectivity index (χ2n) is 7.49. The van der Waals surface area contributed by atoms with E-state index < -0.39 is 31.0 Å². The monoisotopic (exact) mass is 422 g/mol. The van der Waals surface area contributed by atoms with Gasteiger partial charge >= 0.3 is 0 Å². The predicted molar refractivity (Wildman–Crippen MR) is 102 cm³/mol. The van der Waals surface area contributed by atoms with E-state index >= 15 is 0 Å². The molecule has 1 N–H and O–H groups in total. The lowest BCUT2D eigenvalue weighted by molar-refractivity contribution is -0.0101. The van der Waals surface area contributed by atoms with Crippen LogP contribution in [0, 0.1) is 0 Å². The number of thiophene rings is 1. The van der Waals surface area contributed by atoms with Crippen molar-refractivity contribution in [2.24, 2.45) is 0 Å². The van der Waals surface area contributed by atoms with Crippen LogP contribution in [0.2, 0.25) is 0 Å². The Morgan fingerprint density at radius 3 is 2.62 bits per heavy atom. The van der Waals surface area contributed by atoms with E-state index in [1.807, 2.05) is 0 Å². The van der Waals surface area contributed by atoms with Crippen LogP contribution < -0.4 is 5.32 Å². The Morgan fingerprint density at radius 2 is 2.00 bits per heavy atom. The van der Waals surface area contributed by atoms with Crippen molar-refractivity contribution in [2.45, 2.75) is 34.9 Å². The maximum Gasteiger partial charge on any atom is 0.193 e. The van der Waals surface area contributed by atoms with Crippen molar-refractivity contribution in [3.05, 3.63) is 17.5 Å². The Bertz CT molecular complexity index is 812. The highest BCUT2D eigenvalue weighted by atomic mass is 32.2. The summed E-state index contributed by atoms with van der Waals surface area (Å²) >= 11 is 1.13. The number of sulfone groups is 2. The summed E-state index contributed by atoms with van der Waals surface area (Å²) in [5.74, 6) is -0.454. The quantitative estimate of drug-likeness (QED) is 0.709. The molecule has 0 aliphatic carbocycles.